The molecule has 3 unspecified atom stereocenters. The first-order chi connectivity index (χ1) is 13.2. The normalized spacial score (nSPS) is 25.5. The van der Waals surface area contributed by atoms with Gasteiger partial charge in [-0.3, -0.25) is 9.59 Å². The van der Waals surface area contributed by atoms with E-state index in [-0.39, 0.29) is 42.0 Å². The Hall–Kier alpha value is -1.99. The fourth-order valence-corrected chi connectivity index (χ4v) is 4.09. The van der Waals surface area contributed by atoms with Gasteiger partial charge in [0.05, 0.1) is 5.92 Å². The van der Waals surface area contributed by atoms with Crippen molar-refractivity contribution in [2.75, 3.05) is 39.4 Å². The summed E-state index contributed by atoms with van der Waals surface area (Å²) in [6, 6.07) is 5.97. The molecule has 4 rings (SSSR count). The highest BCUT2D eigenvalue weighted by Crippen LogP contribution is 2.50. The highest BCUT2D eigenvalue weighted by Gasteiger charge is 2.47. The van der Waals surface area contributed by atoms with E-state index in [4.69, 9.17) is 15.2 Å². The van der Waals surface area contributed by atoms with Crippen molar-refractivity contribution in [2.24, 2.45) is 17.6 Å². The Kier molecular flexibility index (Phi) is 6.67. The van der Waals surface area contributed by atoms with Crippen molar-refractivity contribution >= 4 is 24.2 Å². The fourth-order valence-electron chi connectivity index (χ4n) is 4.09. The molecule has 2 aliphatic heterocycles. The Morgan fingerprint density at radius 3 is 2.79 bits per heavy atom. The Morgan fingerprint density at radius 1 is 1.21 bits per heavy atom. The second-order valence-electron chi connectivity index (χ2n) is 7.55. The van der Waals surface area contributed by atoms with Crippen LogP contribution in [0.5, 0.6) is 11.5 Å². The molecule has 8 heteroatoms. The Labute approximate surface area is 171 Å². The monoisotopic (exact) mass is 409 g/mol. The highest BCUT2D eigenvalue weighted by molar-refractivity contribution is 5.85. The third-order valence-corrected chi connectivity index (χ3v) is 5.65. The van der Waals surface area contributed by atoms with E-state index in [0.717, 1.165) is 42.9 Å². The van der Waals surface area contributed by atoms with Gasteiger partial charge in [0.2, 0.25) is 11.8 Å². The van der Waals surface area contributed by atoms with Crippen LogP contribution in [0.1, 0.15) is 30.7 Å². The summed E-state index contributed by atoms with van der Waals surface area (Å²) in [4.78, 5) is 27.0. The molecular formula is C20H28ClN3O4. The molecule has 0 radical (unpaired) electrons. The quantitative estimate of drug-likeness (QED) is 0.764. The fraction of sp³-hybridized carbons (Fsp3) is 0.600. The summed E-state index contributed by atoms with van der Waals surface area (Å²) in [7, 11) is 0. The van der Waals surface area contributed by atoms with Crippen LogP contribution >= 0.6 is 12.4 Å². The molecule has 7 nitrogen and oxygen atoms in total. The second kappa shape index (κ2) is 9.01. The van der Waals surface area contributed by atoms with Crippen LogP contribution in [0.3, 0.4) is 0 Å². The standard InChI is InChI=1S/C20H27N3O4.ClH/c21-5-6-22-19(24)14-2-1-7-23(12-14)20(25)16-11-15(16)13-3-4-17-18(10-13)27-9-8-26-17;/h3-4,10,14-16H,1-2,5-9,11-12,21H2,(H,22,24);1H. The van der Waals surface area contributed by atoms with Crippen molar-refractivity contribution in [3.05, 3.63) is 23.8 Å². The largest absolute Gasteiger partial charge is 0.486 e. The van der Waals surface area contributed by atoms with Gasteiger partial charge in [-0.15, -0.1) is 12.4 Å². The van der Waals surface area contributed by atoms with Crippen LogP contribution in [-0.2, 0) is 9.59 Å². The van der Waals surface area contributed by atoms with Crippen molar-refractivity contribution in [1.82, 2.24) is 10.2 Å². The summed E-state index contributed by atoms with van der Waals surface area (Å²) >= 11 is 0. The smallest absolute Gasteiger partial charge is 0.226 e. The van der Waals surface area contributed by atoms with E-state index in [2.05, 4.69) is 5.32 Å². The van der Waals surface area contributed by atoms with Crippen LogP contribution < -0.4 is 20.5 Å². The molecule has 1 saturated carbocycles. The number of halogens is 1. The van der Waals surface area contributed by atoms with Crippen molar-refractivity contribution in [3.8, 4) is 11.5 Å². The minimum Gasteiger partial charge on any atom is -0.486 e. The number of likely N-dealkylation sites (tertiary alicyclic amines) is 1. The maximum Gasteiger partial charge on any atom is 0.226 e. The average molecular weight is 410 g/mol. The van der Waals surface area contributed by atoms with Gasteiger partial charge in [0.25, 0.3) is 0 Å². The predicted molar refractivity (Wildman–Crippen MR) is 107 cm³/mol. The molecule has 1 saturated heterocycles. The number of nitrogens with zero attached hydrogens (tertiary/aromatic N) is 1. The lowest BCUT2D eigenvalue weighted by molar-refractivity contribution is -0.136. The number of nitrogens with one attached hydrogen (secondary N) is 1. The third kappa shape index (κ3) is 4.36. The topological polar surface area (TPSA) is 93.9 Å². The summed E-state index contributed by atoms with van der Waals surface area (Å²) in [5.74, 6) is 1.85. The summed E-state index contributed by atoms with van der Waals surface area (Å²) < 4.78 is 11.2. The number of hydrogen-bond donors (Lipinski definition) is 2. The van der Waals surface area contributed by atoms with Gasteiger partial charge in [-0.05, 0) is 42.9 Å². The van der Waals surface area contributed by atoms with Gasteiger partial charge in [-0.25, -0.2) is 0 Å². The summed E-state index contributed by atoms with van der Waals surface area (Å²) in [5, 5.41) is 2.84. The molecule has 0 aromatic heterocycles. The summed E-state index contributed by atoms with van der Waals surface area (Å²) in [6.45, 7) is 3.30. The van der Waals surface area contributed by atoms with Gasteiger partial charge in [-0.2, -0.15) is 0 Å². The van der Waals surface area contributed by atoms with E-state index in [1.54, 1.807) is 0 Å². The average Bonchev–Trinajstić information content (AvgIpc) is 3.52. The Bertz CT molecular complexity index is 729. The zero-order chi connectivity index (χ0) is 18.8. The number of amides is 2. The summed E-state index contributed by atoms with van der Waals surface area (Å²) in [5.41, 5.74) is 6.58. The number of carbonyl (C=O) groups excluding carboxylic acids is 2. The number of fused-ring (bicyclic) bond motifs is 1. The number of piperidine rings is 1. The van der Waals surface area contributed by atoms with Gasteiger partial charge in [0.15, 0.2) is 11.5 Å². The van der Waals surface area contributed by atoms with Gasteiger partial charge >= 0.3 is 0 Å². The van der Waals surface area contributed by atoms with Crippen LogP contribution in [0.15, 0.2) is 18.2 Å². The second-order valence-corrected chi connectivity index (χ2v) is 7.55. The lowest BCUT2D eigenvalue weighted by Gasteiger charge is -2.32. The molecule has 1 aromatic rings. The molecule has 2 fully saturated rings. The van der Waals surface area contributed by atoms with Crippen LogP contribution in [-0.4, -0.2) is 56.1 Å². The Balaban J connectivity index is 0.00000225. The number of rotatable bonds is 5. The van der Waals surface area contributed by atoms with E-state index in [9.17, 15) is 9.59 Å². The SMILES string of the molecule is Cl.NCCNC(=O)C1CCCN(C(=O)C2CC2c2ccc3c(c2)OCCO3)C1. The predicted octanol–water partition coefficient (Wildman–Crippen LogP) is 1.30. The molecule has 3 atom stereocenters. The molecule has 154 valence electrons. The molecule has 2 heterocycles. The van der Waals surface area contributed by atoms with Crippen LogP contribution in [0.2, 0.25) is 0 Å². The number of carbonyl (C=O) groups is 2. The third-order valence-electron chi connectivity index (χ3n) is 5.65. The molecule has 1 aromatic carbocycles. The molecule has 0 bridgehead atoms. The number of benzene rings is 1. The summed E-state index contributed by atoms with van der Waals surface area (Å²) in [6.07, 6.45) is 2.56. The minimum absolute atomic E-state index is 0. The number of nitrogens with two attached hydrogens (primary N) is 1. The lowest BCUT2D eigenvalue weighted by Crippen LogP contribution is -2.46. The number of ether oxygens (including phenoxy) is 2. The van der Waals surface area contributed by atoms with Crippen molar-refractivity contribution < 1.29 is 19.1 Å². The highest BCUT2D eigenvalue weighted by atomic mass is 35.5. The molecule has 3 N–H and O–H groups in total. The maximum absolute atomic E-state index is 12.9. The first kappa shape index (κ1) is 20.7. The van der Waals surface area contributed by atoms with Crippen molar-refractivity contribution in [3.63, 3.8) is 0 Å². The van der Waals surface area contributed by atoms with E-state index in [1.807, 2.05) is 23.1 Å². The van der Waals surface area contributed by atoms with Crippen LogP contribution in [0.25, 0.3) is 0 Å². The molecule has 1 aliphatic carbocycles. The molecule has 28 heavy (non-hydrogen) atoms. The van der Waals surface area contributed by atoms with Crippen molar-refractivity contribution in [1.29, 1.82) is 0 Å². The van der Waals surface area contributed by atoms with Crippen LogP contribution in [0, 0.1) is 11.8 Å². The lowest BCUT2D eigenvalue weighted by atomic mass is 9.96. The molecule has 0 spiro atoms. The Morgan fingerprint density at radius 2 is 2.00 bits per heavy atom. The maximum atomic E-state index is 12.9. The molecule has 3 aliphatic rings. The van der Waals surface area contributed by atoms with E-state index < -0.39 is 0 Å². The number of hydrogen-bond acceptors (Lipinski definition) is 5. The zero-order valence-electron chi connectivity index (χ0n) is 15.9. The molecule has 2 amide bonds. The van der Waals surface area contributed by atoms with E-state index in [0.29, 0.717) is 32.8 Å². The minimum atomic E-state index is -0.124. The van der Waals surface area contributed by atoms with Gasteiger partial charge in [0, 0.05) is 32.1 Å². The van der Waals surface area contributed by atoms with Gasteiger partial charge in [-0.1, -0.05) is 6.07 Å². The van der Waals surface area contributed by atoms with Gasteiger partial charge < -0.3 is 25.4 Å². The van der Waals surface area contributed by atoms with E-state index >= 15 is 0 Å². The van der Waals surface area contributed by atoms with Crippen molar-refractivity contribution in [2.45, 2.75) is 25.2 Å². The van der Waals surface area contributed by atoms with E-state index in [1.165, 1.54) is 0 Å². The first-order valence-corrected chi connectivity index (χ1v) is 9.83. The van der Waals surface area contributed by atoms with Crippen LogP contribution in [0.4, 0.5) is 0 Å². The first-order valence-electron chi connectivity index (χ1n) is 9.83. The van der Waals surface area contributed by atoms with Gasteiger partial charge in [0.1, 0.15) is 13.2 Å². The molecular weight excluding hydrogens is 382 g/mol. The zero-order valence-corrected chi connectivity index (χ0v) is 16.7.